The van der Waals surface area contributed by atoms with E-state index in [4.69, 9.17) is 0 Å². The number of unbranched alkanes of at least 4 members (excludes halogenated alkanes) is 3. The van der Waals surface area contributed by atoms with Gasteiger partial charge in [-0.15, -0.1) is 0 Å². The van der Waals surface area contributed by atoms with Crippen LogP contribution in [-0.2, 0) is 57.5 Å². The zero-order valence-electron chi connectivity index (χ0n) is 31.4. The Balaban J connectivity index is 0.000000151. The fraction of sp³-hybridized carbons (Fsp3) is 0.143. The van der Waals surface area contributed by atoms with Gasteiger partial charge in [0.1, 0.15) is 0 Å². The molecule has 18 heteroatoms. The number of carbonyl (C=O) groups is 12. The van der Waals surface area contributed by atoms with Gasteiger partial charge in [0.25, 0.3) is 70.9 Å². The van der Waals surface area contributed by atoms with Crippen molar-refractivity contribution in [1.82, 2.24) is 9.80 Å². The van der Waals surface area contributed by atoms with Crippen LogP contribution < -0.4 is 19.6 Å². The number of nitrogens with zero attached hydrogens (tertiary/aromatic N) is 6. The Hall–Kier alpha value is -8.28. The van der Waals surface area contributed by atoms with Gasteiger partial charge in [-0.25, -0.2) is 19.6 Å². The minimum absolute atomic E-state index is 0.255. The van der Waals surface area contributed by atoms with Gasteiger partial charge in [0, 0.05) is 86.0 Å². The lowest BCUT2D eigenvalue weighted by Crippen LogP contribution is -2.31. The van der Waals surface area contributed by atoms with Gasteiger partial charge in [-0.3, -0.25) is 67.3 Å². The molecule has 12 amide bonds. The van der Waals surface area contributed by atoms with Crippen molar-refractivity contribution >= 4 is 93.6 Å². The molecule has 0 unspecified atom stereocenters. The topological polar surface area (TPSA) is 224 Å². The lowest BCUT2D eigenvalue weighted by atomic mass is 10.2. The fourth-order valence-corrected chi connectivity index (χ4v) is 6.34. The van der Waals surface area contributed by atoms with Gasteiger partial charge >= 0.3 is 0 Å². The molecule has 0 N–H and O–H groups in total. The Morgan fingerprint density at radius 2 is 0.500 bits per heavy atom. The number of anilines is 4. The first-order chi connectivity index (χ1) is 28.7. The molecule has 6 aliphatic heterocycles. The number of amides is 12. The summed E-state index contributed by atoms with van der Waals surface area (Å²) in [6, 6.07) is 12.2. The first-order valence-electron chi connectivity index (χ1n) is 18.3. The van der Waals surface area contributed by atoms with E-state index in [1.807, 2.05) is 0 Å². The van der Waals surface area contributed by atoms with Crippen molar-refractivity contribution in [1.29, 1.82) is 0 Å². The molecular weight excluding hydrogens is 780 g/mol. The van der Waals surface area contributed by atoms with Crippen LogP contribution in [0.4, 0.5) is 22.7 Å². The standard InChI is InChI=1S/2C14H8N2O4.C14H16N2O4/c17-11-5-6-12(18)15(11)9-1-2-10(4-3-9)16-13(19)7-8-14(16)20;17-11-4-5-12(18)15(11)9-2-1-3-10(8-9)16-13(19)6-7-14(16)20;17-11-5-6-12(18)15(11)9-3-1-2-4-10-16-13(19)7-8-14(16)20/h2*1-8H;5-8H,1-4,9-10H2. The number of rotatable bonds is 11. The predicted molar refractivity (Wildman–Crippen MR) is 210 cm³/mol. The number of imide groups is 6. The summed E-state index contributed by atoms with van der Waals surface area (Å²) in [6.45, 7) is 0.849. The van der Waals surface area contributed by atoms with Gasteiger partial charge in [-0.1, -0.05) is 18.9 Å². The summed E-state index contributed by atoms with van der Waals surface area (Å²) in [6.07, 6.45) is 17.7. The van der Waals surface area contributed by atoms with Crippen molar-refractivity contribution in [3.63, 3.8) is 0 Å². The zero-order valence-corrected chi connectivity index (χ0v) is 31.4. The van der Waals surface area contributed by atoms with Gasteiger partial charge in [0.05, 0.1) is 22.7 Å². The predicted octanol–water partition coefficient (Wildman–Crippen LogP) is 1.49. The maximum atomic E-state index is 11.6. The molecule has 6 aliphatic rings. The van der Waals surface area contributed by atoms with E-state index < -0.39 is 47.3 Å². The van der Waals surface area contributed by atoms with Crippen molar-refractivity contribution in [2.75, 3.05) is 32.7 Å². The van der Waals surface area contributed by atoms with Crippen LogP contribution in [0.2, 0.25) is 0 Å². The molecule has 302 valence electrons. The largest absolute Gasteiger partial charge is 0.275 e. The minimum atomic E-state index is -0.454. The minimum Gasteiger partial charge on any atom is -0.275 e. The summed E-state index contributed by atoms with van der Waals surface area (Å²) in [7, 11) is 0. The van der Waals surface area contributed by atoms with E-state index in [1.54, 1.807) is 18.2 Å². The molecule has 0 saturated heterocycles. The highest BCUT2D eigenvalue weighted by molar-refractivity contribution is 6.31. The van der Waals surface area contributed by atoms with E-state index in [1.165, 1.54) is 113 Å². The second kappa shape index (κ2) is 17.9. The number of hydrogen-bond donors (Lipinski definition) is 0. The zero-order chi connectivity index (χ0) is 43.1. The molecule has 0 aromatic heterocycles. The molecule has 0 saturated carbocycles. The Morgan fingerprint density at radius 1 is 0.267 bits per heavy atom. The monoisotopic (exact) mass is 812 g/mol. The van der Waals surface area contributed by atoms with Crippen LogP contribution in [-0.4, -0.2) is 93.8 Å². The Labute approximate surface area is 340 Å². The van der Waals surface area contributed by atoms with Crippen molar-refractivity contribution in [3.8, 4) is 0 Å². The first kappa shape index (κ1) is 41.4. The number of hydrogen-bond acceptors (Lipinski definition) is 12. The van der Waals surface area contributed by atoms with E-state index in [2.05, 4.69) is 0 Å². The molecule has 0 fully saturated rings. The second-order valence-corrected chi connectivity index (χ2v) is 13.2. The molecule has 60 heavy (non-hydrogen) atoms. The average molecular weight is 813 g/mol. The van der Waals surface area contributed by atoms with Crippen molar-refractivity contribution in [2.24, 2.45) is 0 Å². The lowest BCUT2D eigenvalue weighted by Gasteiger charge is -2.18. The van der Waals surface area contributed by atoms with Crippen LogP contribution in [0.25, 0.3) is 0 Å². The highest BCUT2D eigenvalue weighted by Crippen LogP contribution is 2.27. The smallest absolute Gasteiger partial charge is 0.258 e. The highest BCUT2D eigenvalue weighted by atomic mass is 16.2. The summed E-state index contributed by atoms with van der Waals surface area (Å²) < 4.78 is 0. The summed E-state index contributed by atoms with van der Waals surface area (Å²) in [5.41, 5.74) is 1.41. The Kier molecular flexibility index (Phi) is 12.3. The molecule has 6 heterocycles. The van der Waals surface area contributed by atoms with Crippen LogP contribution >= 0.6 is 0 Å². The maximum Gasteiger partial charge on any atom is 0.258 e. The van der Waals surface area contributed by atoms with Crippen molar-refractivity contribution < 1.29 is 57.5 Å². The molecular formula is C42H32N6O12. The van der Waals surface area contributed by atoms with Crippen LogP contribution in [0.15, 0.2) is 121 Å². The van der Waals surface area contributed by atoms with Crippen LogP contribution in [0.3, 0.4) is 0 Å². The van der Waals surface area contributed by atoms with E-state index in [0.29, 0.717) is 35.8 Å². The van der Waals surface area contributed by atoms with Crippen molar-refractivity contribution in [3.05, 3.63) is 121 Å². The molecule has 0 radical (unpaired) electrons. The van der Waals surface area contributed by atoms with E-state index in [9.17, 15) is 57.5 Å². The molecule has 0 spiro atoms. The van der Waals surface area contributed by atoms with Crippen LogP contribution in [0.5, 0.6) is 0 Å². The number of carbonyl (C=O) groups excluding carboxylic acids is 12. The SMILES string of the molecule is O=C1C=CC(=O)N1CCCCCCN1C(=O)C=CC1=O.O=C1C=CC(=O)N1c1ccc(N2C(=O)C=CC2=O)cc1.O=C1C=CC(=O)N1c1cccc(N2C(=O)C=CC2=O)c1. The van der Waals surface area contributed by atoms with Gasteiger partial charge in [-0.05, 0) is 55.3 Å². The first-order valence-corrected chi connectivity index (χ1v) is 18.3. The average Bonchev–Trinajstić information content (AvgIpc) is 4.07. The van der Waals surface area contributed by atoms with Crippen LogP contribution in [0, 0.1) is 0 Å². The summed E-state index contributed by atoms with van der Waals surface area (Å²) >= 11 is 0. The van der Waals surface area contributed by atoms with Gasteiger partial charge in [0.15, 0.2) is 0 Å². The van der Waals surface area contributed by atoms with E-state index >= 15 is 0 Å². The van der Waals surface area contributed by atoms with Gasteiger partial charge in [-0.2, -0.15) is 0 Å². The number of benzene rings is 2. The second-order valence-electron chi connectivity index (χ2n) is 13.2. The molecule has 0 atom stereocenters. The third kappa shape index (κ3) is 8.97. The highest BCUT2D eigenvalue weighted by Gasteiger charge is 2.30. The molecule has 0 aliphatic carbocycles. The molecule has 2 aromatic carbocycles. The third-order valence-electron chi connectivity index (χ3n) is 9.26. The van der Waals surface area contributed by atoms with Crippen molar-refractivity contribution in [2.45, 2.75) is 25.7 Å². The third-order valence-corrected chi connectivity index (χ3v) is 9.26. The Morgan fingerprint density at radius 3 is 0.767 bits per heavy atom. The maximum absolute atomic E-state index is 11.6. The quantitative estimate of drug-likeness (QED) is 0.233. The Bertz CT molecular complexity index is 2190. The van der Waals surface area contributed by atoms with E-state index in [-0.39, 0.29) is 23.6 Å². The van der Waals surface area contributed by atoms with E-state index in [0.717, 1.165) is 45.3 Å². The molecule has 0 bridgehead atoms. The van der Waals surface area contributed by atoms with Crippen LogP contribution in [0.1, 0.15) is 25.7 Å². The van der Waals surface area contributed by atoms with Gasteiger partial charge < -0.3 is 0 Å². The normalized spacial score (nSPS) is 17.9. The summed E-state index contributed by atoms with van der Waals surface area (Å²) in [5, 5.41) is 0. The fourth-order valence-electron chi connectivity index (χ4n) is 6.34. The summed E-state index contributed by atoms with van der Waals surface area (Å²) in [5.74, 6) is -4.51. The summed E-state index contributed by atoms with van der Waals surface area (Å²) in [4.78, 5) is 144. The molecule has 8 rings (SSSR count). The van der Waals surface area contributed by atoms with Gasteiger partial charge in [0.2, 0.25) is 0 Å². The molecule has 2 aromatic rings. The molecule has 18 nitrogen and oxygen atoms in total. The lowest BCUT2D eigenvalue weighted by molar-refractivity contribution is -0.138.